The molecule has 4 aliphatic carbocycles. The summed E-state index contributed by atoms with van der Waals surface area (Å²) in [6.45, 7) is 4.73. The van der Waals surface area contributed by atoms with Gasteiger partial charge in [-0.25, -0.2) is 4.79 Å². The highest BCUT2D eigenvalue weighted by molar-refractivity contribution is 5.68. The van der Waals surface area contributed by atoms with E-state index in [0.29, 0.717) is 10.8 Å². The molecule has 0 aromatic heterocycles. The first-order valence-corrected chi connectivity index (χ1v) is 7.42. The number of hydrogen-bond donors (Lipinski definition) is 2. The quantitative estimate of drug-likeness (QED) is 0.825. The summed E-state index contributed by atoms with van der Waals surface area (Å²) < 4.78 is 5.00. The van der Waals surface area contributed by atoms with E-state index >= 15 is 0 Å². The van der Waals surface area contributed by atoms with Crippen LogP contribution in [-0.4, -0.2) is 30.0 Å². The smallest absolute Gasteiger partial charge is 0.407 e. The summed E-state index contributed by atoms with van der Waals surface area (Å²) in [4.78, 5) is 11.9. The summed E-state index contributed by atoms with van der Waals surface area (Å²) in [5, 5.41) is 11.9. The van der Waals surface area contributed by atoms with Gasteiger partial charge in [0.25, 0.3) is 0 Å². The largest absolute Gasteiger partial charge is 0.447 e. The van der Waals surface area contributed by atoms with Gasteiger partial charge in [0, 0.05) is 5.54 Å². The minimum Gasteiger partial charge on any atom is -0.447 e. The highest BCUT2D eigenvalue weighted by Crippen LogP contribution is 2.66. The Bertz CT molecular complexity index is 377. The zero-order chi connectivity index (χ0) is 13.7. The van der Waals surface area contributed by atoms with Crippen LogP contribution in [0.25, 0.3) is 0 Å². The second kappa shape index (κ2) is 4.11. The van der Waals surface area contributed by atoms with Gasteiger partial charge in [-0.3, -0.25) is 0 Å². The fraction of sp³-hybridized carbons (Fsp3) is 0.933. The van der Waals surface area contributed by atoms with E-state index in [1.165, 1.54) is 19.3 Å². The minimum atomic E-state index is -0.358. The summed E-state index contributed by atoms with van der Waals surface area (Å²) in [5.41, 5.74) is 0.715. The predicted octanol–water partition coefficient (Wildman–Crippen LogP) is 2.45. The van der Waals surface area contributed by atoms with Crippen LogP contribution in [-0.2, 0) is 4.74 Å². The van der Waals surface area contributed by atoms with Crippen LogP contribution >= 0.6 is 0 Å². The number of aliphatic hydroxyl groups excluding tert-OH is 1. The van der Waals surface area contributed by atoms with E-state index in [-0.39, 0.29) is 24.8 Å². The fourth-order valence-corrected chi connectivity index (χ4v) is 5.98. The van der Waals surface area contributed by atoms with Crippen molar-refractivity contribution in [3.05, 3.63) is 0 Å². The number of alkyl carbamates (subject to hydrolysis) is 1. The average Bonchev–Trinajstić information content (AvgIpc) is 2.20. The van der Waals surface area contributed by atoms with Crippen LogP contribution in [0.1, 0.15) is 52.4 Å². The molecule has 4 rings (SSSR count). The lowest BCUT2D eigenvalue weighted by Gasteiger charge is -2.65. The van der Waals surface area contributed by atoms with Crippen molar-refractivity contribution < 1.29 is 14.6 Å². The van der Waals surface area contributed by atoms with Gasteiger partial charge in [-0.05, 0) is 55.3 Å². The molecular weight excluding hydrogens is 242 g/mol. The molecule has 0 saturated heterocycles. The Morgan fingerprint density at radius 2 is 1.84 bits per heavy atom. The highest BCUT2D eigenvalue weighted by atomic mass is 16.6. The Kier molecular flexibility index (Phi) is 2.86. The summed E-state index contributed by atoms with van der Waals surface area (Å²) in [6, 6.07) is 0. The van der Waals surface area contributed by atoms with E-state index in [4.69, 9.17) is 9.84 Å². The van der Waals surface area contributed by atoms with Crippen molar-refractivity contribution in [3.8, 4) is 0 Å². The van der Waals surface area contributed by atoms with Crippen LogP contribution in [0.4, 0.5) is 4.79 Å². The molecule has 2 N–H and O–H groups in total. The topological polar surface area (TPSA) is 58.6 Å². The van der Waals surface area contributed by atoms with Crippen LogP contribution in [0.3, 0.4) is 0 Å². The van der Waals surface area contributed by atoms with Crippen molar-refractivity contribution in [2.75, 3.05) is 13.2 Å². The van der Waals surface area contributed by atoms with Gasteiger partial charge in [-0.15, -0.1) is 0 Å². The van der Waals surface area contributed by atoms with Crippen LogP contribution in [0.5, 0.6) is 0 Å². The Morgan fingerprint density at radius 1 is 1.21 bits per heavy atom. The molecule has 0 aliphatic heterocycles. The summed E-state index contributed by atoms with van der Waals surface area (Å²) in [6.07, 6.45) is 6.84. The number of hydrogen-bond acceptors (Lipinski definition) is 3. The van der Waals surface area contributed by atoms with E-state index in [1.807, 2.05) is 0 Å². The van der Waals surface area contributed by atoms with Gasteiger partial charge in [0.15, 0.2) is 0 Å². The molecule has 0 heterocycles. The number of amides is 1. The standard InChI is InChI=1S/C15H25NO3/c1-13-5-11-6-14(2,8-13)10-15(7-11,9-13)16-12(18)19-4-3-17/h11,17H,3-10H2,1-2H3,(H,16,18). The predicted molar refractivity (Wildman–Crippen MR) is 71.7 cm³/mol. The van der Waals surface area contributed by atoms with Gasteiger partial charge >= 0.3 is 6.09 Å². The minimum absolute atomic E-state index is 0.0601. The van der Waals surface area contributed by atoms with Gasteiger partial charge in [-0.1, -0.05) is 13.8 Å². The third-order valence-corrected chi connectivity index (χ3v) is 5.32. The zero-order valence-corrected chi connectivity index (χ0v) is 12.0. The Labute approximate surface area is 114 Å². The van der Waals surface area contributed by atoms with Crippen molar-refractivity contribution >= 4 is 6.09 Å². The summed E-state index contributed by atoms with van der Waals surface area (Å²) >= 11 is 0. The summed E-state index contributed by atoms with van der Waals surface area (Å²) in [7, 11) is 0. The third kappa shape index (κ3) is 2.35. The van der Waals surface area contributed by atoms with Gasteiger partial charge in [0.1, 0.15) is 6.61 Å². The zero-order valence-electron chi connectivity index (χ0n) is 12.0. The molecule has 4 bridgehead atoms. The first-order valence-electron chi connectivity index (χ1n) is 7.42. The molecule has 4 fully saturated rings. The molecule has 0 spiro atoms. The van der Waals surface area contributed by atoms with Crippen LogP contribution in [0.2, 0.25) is 0 Å². The van der Waals surface area contributed by atoms with Crippen molar-refractivity contribution in [1.82, 2.24) is 5.32 Å². The van der Waals surface area contributed by atoms with E-state index in [9.17, 15) is 4.79 Å². The number of aliphatic hydroxyl groups is 1. The van der Waals surface area contributed by atoms with Gasteiger partial charge in [-0.2, -0.15) is 0 Å². The molecule has 4 nitrogen and oxygen atoms in total. The Hall–Kier alpha value is -0.770. The molecule has 4 saturated carbocycles. The molecule has 19 heavy (non-hydrogen) atoms. The number of rotatable bonds is 3. The lowest BCUT2D eigenvalue weighted by molar-refractivity contribution is -0.115. The molecule has 4 heteroatoms. The molecule has 2 unspecified atom stereocenters. The Morgan fingerprint density at radius 3 is 2.37 bits per heavy atom. The monoisotopic (exact) mass is 267 g/mol. The molecule has 108 valence electrons. The van der Waals surface area contributed by atoms with Crippen LogP contribution in [0.15, 0.2) is 0 Å². The van der Waals surface area contributed by atoms with Crippen LogP contribution in [0, 0.1) is 16.7 Å². The highest BCUT2D eigenvalue weighted by Gasteiger charge is 2.60. The molecular formula is C15H25NO3. The van der Waals surface area contributed by atoms with Crippen molar-refractivity contribution in [2.24, 2.45) is 16.7 Å². The SMILES string of the molecule is CC12CC3CC(C)(C1)CC(NC(=O)OCCO)(C3)C2. The molecule has 0 radical (unpaired) electrons. The number of nitrogens with one attached hydrogen (secondary N) is 1. The first kappa shape index (κ1) is 13.2. The number of ether oxygens (including phenoxy) is 1. The van der Waals surface area contributed by atoms with Crippen molar-refractivity contribution in [1.29, 1.82) is 0 Å². The maximum Gasteiger partial charge on any atom is 0.407 e. The lowest BCUT2D eigenvalue weighted by Crippen LogP contribution is -2.65. The van der Waals surface area contributed by atoms with Crippen LogP contribution < -0.4 is 5.32 Å². The van der Waals surface area contributed by atoms with Gasteiger partial charge in [0.05, 0.1) is 6.61 Å². The molecule has 4 aliphatic rings. The number of carbonyl (C=O) groups is 1. The average molecular weight is 267 g/mol. The normalized spacial score (nSPS) is 47.2. The van der Waals surface area contributed by atoms with Crippen molar-refractivity contribution in [2.45, 2.75) is 57.9 Å². The maximum absolute atomic E-state index is 11.9. The van der Waals surface area contributed by atoms with E-state index in [0.717, 1.165) is 25.2 Å². The fourth-order valence-electron chi connectivity index (χ4n) is 5.98. The van der Waals surface area contributed by atoms with Crippen molar-refractivity contribution in [3.63, 3.8) is 0 Å². The van der Waals surface area contributed by atoms with Gasteiger partial charge < -0.3 is 15.2 Å². The summed E-state index contributed by atoms with van der Waals surface area (Å²) in [5.74, 6) is 0.754. The molecule has 0 aromatic carbocycles. The third-order valence-electron chi connectivity index (χ3n) is 5.32. The molecule has 2 atom stereocenters. The maximum atomic E-state index is 11.9. The van der Waals surface area contributed by atoms with E-state index in [2.05, 4.69) is 19.2 Å². The molecule has 1 amide bonds. The van der Waals surface area contributed by atoms with E-state index in [1.54, 1.807) is 0 Å². The second-order valence-corrected chi connectivity index (χ2v) is 7.89. The second-order valence-electron chi connectivity index (χ2n) is 7.89. The van der Waals surface area contributed by atoms with Gasteiger partial charge in [0.2, 0.25) is 0 Å². The Balaban J connectivity index is 1.75. The first-order chi connectivity index (χ1) is 8.86. The molecule has 0 aromatic rings. The van der Waals surface area contributed by atoms with E-state index < -0.39 is 0 Å². The number of carbonyl (C=O) groups excluding carboxylic acids is 1. The lowest BCUT2D eigenvalue weighted by atomic mass is 9.43.